The Labute approximate surface area is 167 Å². The first-order valence-corrected chi connectivity index (χ1v) is 10.1. The fraction of sp³-hybridized carbons (Fsp3) is 0.400. The molecule has 2 aromatic heterocycles. The maximum absolute atomic E-state index is 13.0. The van der Waals surface area contributed by atoms with Gasteiger partial charge in [-0.15, -0.1) is 11.3 Å². The van der Waals surface area contributed by atoms with Crippen LogP contribution < -0.4 is 11.1 Å². The van der Waals surface area contributed by atoms with Gasteiger partial charge in [-0.25, -0.2) is 0 Å². The first-order valence-electron chi connectivity index (χ1n) is 9.29. The molecule has 7 nitrogen and oxygen atoms in total. The van der Waals surface area contributed by atoms with Crippen molar-refractivity contribution in [3.63, 3.8) is 0 Å². The number of aromatic nitrogens is 1. The summed E-state index contributed by atoms with van der Waals surface area (Å²) in [4.78, 5) is 44.0. The Balaban J connectivity index is 1.79. The second kappa shape index (κ2) is 8.52. The molecule has 0 aliphatic heterocycles. The van der Waals surface area contributed by atoms with Gasteiger partial charge in [0.25, 0.3) is 11.8 Å². The zero-order valence-corrected chi connectivity index (χ0v) is 16.8. The fourth-order valence-electron chi connectivity index (χ4n) is 3.58. The van der Waals surface area contributed by atoms with Gasteiger partial charge in [0.1, 0.15) is 11.5 Å². The number of amides is 3. The van der Waals surface area contributed by atoms with Crippen LogP contribution in [0.3, 0.4) is 0 Å². The van der Waals surface area contributed by atoms with Gasteiger partial charge in [0.15, 0.2) is 0 Å². The van der Waals surface area contributed by atoms with Gasteiger partial charge >= 0.3 is 0 Å². The number of hydrogen-bond acceptors (Lipinski definition) is 5. The molecule has 28 heavy (non-hydrogen) atoms. The second-order valence-electron chi connectivity index (χ2n) is 7.01. The first-order chi connectivity index (χ1) is 13.4. The van der Waals surface area contributed by atoms with Crippen LogP contribution in [0, 0.1) is 13.8 Å². The lowest BCUT2D eigenvalue weighted by molar-refractivity contribution is -0.117. The van der Waals surface area contributed by atoms with E-state index in [1.165, 1.54) is 11.3 Å². The van der Waals surface area contributed by atoms with Gasteiger partial charge < -0.3 is 16.0 Å². The molecule has 3 rings (SSSR count). The summed E-state index contributed by atoms with van der Waals surface area (Å²) >= 11 is 1.32. The lowest BCUT2D eigenvalue weighted by atomic mass is 10.1. The highest BCUT2D eigenvalue weighted by atomic mass is 32.1. The van der Waals surface area contributed by atoms with E-state index in [-0.39, 0.29) is 24.4 Å². The number of thiophene rings is 1. The van der Waals surface area contributed by atoms with Gasteiger partial charge in [0.2, 0.25) is 5.91 Å². The maximum Gasteiger partial charge on any atom is 0.254 e. The minimum Gasteiger partial charge on any atom is -0.365 e. The van der Waals surface area contributed by atoms with Crippen molar-refractivity contribution in [2.75, 3.05) is 11.9 Å². The zero-order chi connectivity index (χ0) is 20.3. The lowest BCUT2D eigenvalue weighted by Gasteiger charge is -2.28. The van der Waals surface area contributed by atoms with Crippen LogP contribution in [0.2, 0.25) is 0 Å². The van der Waals surface area contributed by atoms with E-state index in [2.05, 4.69) is 10.3 Å². The molecule has 0 bridgehead atoms. The number of carbonyl (C=O) groups is 3. The number of anilines is 1. The van der Waals surface area contributed by atoms with Crippen LogP contribution in [0.4, 0.5) is 5.00 Å². The molecule has 0 radical (unpaired) electrons. The molecule has 0 saturated heterocycles. The van der Waals surface area contributed by atoms with E-state index in [0.717, 1.165) is 36.1 Å². The largest absolute Gasteiger partial charge is 0.365 e. The summed E-state index contributed by atoms with van der Waals surface area (Å²) in [6, 6.07) is 3.34. The van der Waals surface area contributed by atoms with E-state index < -0.39 is 5.91 Å². The van der Waals surface area contributed by atoms with Crippen molar-refractivity contribution < 1.29 is 14.4 Å². The summed E-state index contributed by atoms with van der Waals surface area (Å²) in [6.45, 7) is 3.61. The number of rotatable bonds is 6. The number of primary amides is 1. The number of aryl methyl sites for hydroxylation is 1. The van der Waals surface area contributed by atoms with Gasteiger partial charge in [0.05, 0.1) is 5.56 Å². The molecule has 2 aromatic rings. The molecular weight excluding hydrogens is 376 g/mol. The van der Waals surface area contributed by atoms with E-state index in [1.807, 2.05) is 6.92 Å². The average molecular weight is 401 g/mol. The Morgan fingerprint density at radius 1 is 1.21 bits per heavy atom. The summed E-state index contributed by atoms with van der Waals surface area (Å²) in [5.74, 6) is -1.09. The maximum atomic E-state index is 13.0. The molecule has 0 aromatic carbocycles. The van der Waals surface area contributed by atoms with E-state index in [9.17, 15) is 14.4 Å². The monoisotopic (exact) mass is 400 g/mol. The molecule has 1 fully saturated rings. The molecule has 3 N–H and O–H groups in total. The third-order valence-electron chi connectivity index (χ3n) is 5.15. The molecule has 0 unspecified atom stereocenters. The second-order valence-corrected chi connectivity index (χ2v) is 8.23. The van der Waals surface area contributed by atoms with Crippen LogP contribution in [0.25, 0.3) is 0 Å². The Kier molecular flexibility index (Phi) is 6.08. The van der Waals surface area contributed by atoms with Crippen LogP contribution in [0.5, 0.6) is 0 Å². The summed E-state index contributed by atoms with van der Waals surface area (Å²) < 4.78 is 0. The van der Waals surface area contributed by atoms with Crippen molar-refractivity contribution in [2.45, 2.75) is 45.6 Å². The van der Waals surface area contributed by atoms with Crippen LogP contribution in [0.15, 0.2) is 24.5 Å². The predicted molar refractivity (Wildman–Crippen MR) is 108 cm³/mol. The normalized spacial score (nSPS) is 14.1. The van der Waals surface area contributed by atoms with Crippen molar-refractivity contribution in [1.82, 2.24) is 9.88 Å². The van der Waals surface area contributed by atoms with E-state index in [0.29, 0.717) is 16.1 Å². The van der Waals surface area contributed by atoms with Crippen LogP contribution in [-0.2, 0) is 4.79 Å². The molecule has 8 heteroatoms. The van der Waals surface area contributed by atoms with Crippen molar-refractivity contribution in [1.29, 1.82) is 0 Å². The molecule has 0 spiro atoms. The highest BCUT2D eigenvalue weighted by Crippen LogP contribution is 2.32. The highest BCUT2D eigenvalue weighted by Gasteiger charge is 2.30. The number of nitrogens with zero attached hydrogens (tertiary/aromatic N) is 2. The Morgan fingerprint density at radius 2 is 1.86 bits per heavy atom. The van der Waals surface area contributed by atoms with Gasteiger partial charge in [-0.2, -0.15) is 0 Å². The fourth-order valence-corrected chi connectivity index (χ4v) is 4.66. The lowest BCUT2D eigenvalue weighted by Crippen LogP contribution is -2.43. The Morgan fingerprint density at radius 3 is 2.46 bits per heavy atom. The SMILES string of the molecule is Cc1sc(NC(=O)CN(C(=O)c2ccncc2)C2CCCC2)c(C(N)=O)c1C. The van der Waals surface area contributed by atoms with Gasteiger partial charge in [-0.3, -0.25) is 19.4 Å². The smallest absolute Gasteiger partial charge is 0.254 e. The summed E-state index contributed by atoms with van der Waals surface area (Å²) in [5, 5.41) is 3.23. The van der Waals surface area contributed by atoms with Gasteiger partial charge in [0, 0.05) is 28.9 Å². The molecule has 3 amide bonds. The number of carbonyl (C=O) groups excluding carboxylic acids is 3. The van der Waals surface area contributed by atoms with E-state index in [1.54, 1.807) is 36.4 Å². The van der Waals surface area contributed by atoms with Gasteiger partial charge in [-0.05, 0) is 44.4 Å². The molecule has 148 valence electrons. The van der Waals surface area contributed by atoms with Crippen LogP contribution >= 0.6 is 11.3 Å². The summed E-state index contributed by atoms with van der Waals surface area (Å²) in [6.07, 6.45) is 6.98. The minimum absolute atomic E-state index is 0.0360. The van der Waals surface area contributed by atoms with E-state index in [4.69, 9.17) is 5.73 Å². The summed E-state index contributed by atoms with van der Waals surface area (Å²) in [7, 11) is 0. The minimum atomic E-state index is -0.572. The molecule has 1 aliphatic carbocycles. The molecular formula is C20H24N4O3S. The number of nitrogens with one attached hydrogen (secondary N) is 1. The quantitative estimate of drug-likeness (QED) is 0.778. The Hall–Kier alpha value is -2.74. The average Bonchev–Trinajstić information content (AvgIpc) is 3.28. The molecule has 0 atom stereocenters. The highest BCUT2D eigenvalue weighted by molar-refractivity contribution is 7.16. The van der Waals surface area contributed by atoms with Crippen molar-refractivity contribution in [2.24, 2.45) is 5.73 Å². The molecule has 1 saturated carbocycles. The standard InChI is InChI=1S/C20H24N4O3S/c1-12-13(2)28-19(17(12)18(21)26)23-16(25)11-24(15-5-3-4-6-15)20(27)14-7-9-22-10-8-14/h7-10,15H,3-6,11H2,1-2H3,(H2,21,26)(H,23,25). The Bertz CT molecular complexity index is 888. The van der Waals surface area contributed by atoms with E-state index >= 15 is 0 Å². The van der Waals surface area contributed by atoms with Crippen LogP contribution in [0.1, 0.15) is 56.8 Å². The molecule has 1 aliphatic rings. The van der Waals surface area contributed by atoms with Crippen LogP contribution in [-0.4, -0.2) is 40.2 Å². The van der Waals surface area contributed by atoms with Crippen molar-refractivity contribution in [3.8, 4) is 0 Å². The predicted octanol–water partition coefficient (Wildman–Crippen LogP) is 2.88. The third-order valence-corrected chi connectivity index (χ3v) is 6.27. The molecule has 2 heterocycles. The van der Waals surface area contributed by atoms with Crippen molar-refractivity contribution >= 4 is 34.1 Å². The number of nitrogens with two attached hydrogens (primary N) is 1. The number of hydrogen-bond donors (Lipinski definition) is 2. The summed E-state index contributed by atoms with van der Waals surface area (Å²) in [5.41, 5.74) is 7.09. The third kappa shape index (κ3) is 4.22. The zero-order valence-electron chi connectivity index (χ0n) is 16.0. The topological polar surface area (TPSA) is 105 Å². The van der Waals surface area contributed by atoms with Gasteiger partial charge in [-0.1, -0.05) is 12.8 Å². The number of pyridine rings is 1. The first kappa shape index (κ1) is 20.0. The van der Waals surface area contributed by atoms with Crippen molar-refractivity contribution in [3.05, 3.63) is 46.1 Å².